The second-order valence-electron chi connectivity index (χ2n) is 3.96. The number of benzene rings is 1. The second kappa shape index (κ2) is 4.99. The van der Waals surface area contributed by atoms with Crippen molar-refractivity contribution in [2.75, 3.05) is 6.54 Å². The van der Waals surface area contributed by atoms with Gasteiger partial charge in [0.15, 0.2) is 0 Å². The number of fused-ring (bicyclic) bond motifs is 1. The van der Waals surface area contributed by atoms with Crippen LogP contribution in [0.1, 0.15) is 18.9 Å². The van der Waals surface area contributed by atoms with E-state index in [1.54, 1.807) is 6.07 Å². The molecule has 1 aromatic carbocycles. The summed E-state index contributed by atoms with van der Waals surface area (Å²) in [6.45, 7) is 2.43. The van der Waals surface area contributed by atoms with Gasteiger partial charge in [-0.25, -0.2) is 4.39 Å². The highest BCUT2D eigenvalue weighted by atomic mass is 19.1. The van der Waals surface area contributed by atoms with Gasteiger partial charge in [0.2, 0.25) is 5.91 Å². The molecule has 0 unspecified atom stereocenters. The van der Waals surface area contributed by atoms with Gasteiger partial charge in [-0.2, -0.15) is 0 Å². The summed E-state index contributed by atoms with van der Waals surface area (Å²) in [6.07, 6.45) is 3.11. The van der Waals surface area contributed by atoms with E-state index < -0.39 is 0 Å². The lowest BCUT2D eigenvalue weighted by atomic mass is 10.1. The second-order valence-corrected chi connectivity index (χ2v) is 3.96. The Morgan fingerprint density at radius 1 is 1.47 bits per heavy atom. The average Bonchev–Trinajstić information content (AvgIpc) is 2.71. The molecule has 0 aliphatic rings. The molecule has 0 spiro atoms. The molecule has 0 bridgehead atoms. The molecular weight excluding hydrogens is 219 g/mol. The highest BCUT2D eigenvalue weighted by molar-refractivity contribution is 5.83. The molecule has 0 aliphatic carbocycles. The largest absolute Gasteiger partial charge is 0.361 e. The fraction of sp³-hybridized carbons (Fsp3) is 0.308. The summed E-state index contributed by atoms with van der Waals surface area (Å²) in [5.41, 5.74) is 1.89. The minimum Gasteiger partial charge on any atom is -0.361 e. The number of hydrogen-bond acceptors (Lipinski definition) is 1. The van der Waals surface area contributed by atoms with E-state index >= 15 is 0 Å². The van der Waals surface area contributed by atoms with Crippen molar-refractivity contribution in [3.8, 4) is 0 Å². The minimum atomic E-state index is -0.245. The van der Waals surface area contributed by atoms with Gasteiger partial charge in [-0.05, 0) is 30.2 Å². The Morgan fingerprint density at radius 3 is 3.06 bits per heavy atom. The molecule has 2 aromatic rings. The van der Waals surface area contributed by atoms with Crippen LogP contribution < -0.4 is 5.32 Å². The van der Waals surface area contributed by atoms with Crippen molar-refractivity contribution in [2.45, 2.75) is 19.8 Å². The van der Waals surface area contributed by atoms with Crippen molar-refractivity contribution in [1.29, 1.82) is 0 Å². The van der Waals surface area contributed by atoms with Gasteiger partial charge in [0.1, 0.15) is 5.82 Å². The topological polar surface area (TPSA) is 44.9 Å². The fourth-order valence-corrected chi connectivity index (χ4v) is 1.83. The highest BCUT2D eigenvalue weighted by Gasteiger charge is 2.04. The van der Waals surface area contributed by atoms with Crippen LogP contribution in [0.3, 0.4) is 0 Å². The number of carbonyl (C=O) groups is 1. The number of halogens is 1. The molecular formula is C13H15FN2O. The number of H-pyrrole nitrogens is 1. The smallest absolute Gasteiger partial charge is 0.219 e. The number of hydrogen-bond donors (Lipinski definition) is 2. The van der Waals surface area contributed by atoms with Crippen molar-refractivity contribution in [2.24, 2.45) is 0 Å². The number of aromatic amines is 1. The predicted molar refractivity (Wildman–Crippen MR) is 65.3 cm³/mol. The van der Waals surface area contributed by atoms with E-state index in [1.807, 2.05) is 13.1 Å². The Balaban J connectivity index is 2.06. The van der Waals surface area contributed by atoms with Crippen molar-refractivity contribution in [3.63, 3.8) is 0 Å². The quantitative estimate of drug-likeness (QED) is 0.838. The third-order valence-corrected chi connectivity index (χ3v) is 2.77. The maximum atomic E-state index is 13.0. The summed E-state index contributed by atoms with van der Waals surface area (Å²) >= 11 is 0. The zero-order valence-corrected chi connectivity index (χ0v) is 9.72. The summed E-state index contributed by atoms with van der Waals surface area (Å²) in [6, 6.07) is 4.69. The zero-order chi connectivity index (χ0) is 12.3. The number of aromatic nitrogens is 1. The van der Waals surface area contributed by atoms with Crippen LogP contribution >= 0.6 is 0 Å². The predicted octanol–water partition coefficient (Wildman–Crippen LogP) is 2.38. The van der Waals surface area contributed by atoms with Crippen molar-refractivity contribution < 1.29 is 9.18 Å². The van der Waals surface area contributed by atoms with E-state index in [0.717, 1.165) is 22.9 Å². The molecule has 1 amide bonds. The molecule has 0 atom stereocenters. The molecule has 17 heavy (non-hydrogen) atoms. The van der Waals surface area contributed by atoms with Gasteiger partial charge in [0, 0.05) is 30.1 Å². The standard InChI is InChI=1S/C13H15FN2O/c1-2-13(17)15-6-5-9-8-16-12-7-10(14)3-4-11(9)12/h3-4,7-8,16H,2,5-6H2,1H3,(H,15,17). The Hall–Kier alpha value is -1.84. The maximum Gasteiger partial charge on any atom is 0.219 e. The molecule has 0 aliphatic heterocycles. The van der Waals surface area contributed by atoms with Crippen LogP contribution in [0.5, 0.6) is 0 Å². The molecule has 3 nitrogen and oxygen atoms in total. The third kappa shape index (κ3) is 2.64. The summed E-state index contributed by atoms with van der Waals surface area (Å²) in [4.78, 5) is 14.1. The number of nitrogens with one attached hydrogen (secondary N) is 2. The monoisotopic (exact) mass is 234 g/mol. The van der Waals surface area contributed by atoms with Crippen molar-refractivity contribution >= 4 is 16.8 Å². The molecule has 0 saturated heterocycles. The summed E-state index contributed by atoms with van der Waals surface area (Å²) < 4.78 is 13.0. The van der Waals surface area contributed by atoms with Crippen LogP contribution in [0.25, 0.3) is 10.9 Å². The molecule has 90 valence electrons. The van der Waals surface area contributed by atoms with Gasteiger partial charge < -0.3 is 10.3 Å². The molecule has 0 radical (unpaired) electrons. The van der Waals surface area contributed by atoms with E-state index in [9.17, 15) is 9.18 Å². The lowest BCUT2D eigenvalue weighted by Gasteiger charge is -2.02. The molecule has 1 aromatic heterocycles. The first-order valence-corrected chi connectivity index (χ1v) is 5.73. The van der Waals surface area contributed by atoms with Crippen LogP contribution in [0, 0.1) is 5.82 Å². The van der Waals surface area contributed by atoms with Crippen molar-refractivity contribution in [3.05, 3.63) is 35.8 Å². The average molecular weight is 234 g/mol. The summed E-state index contributed by atoms with van der Waals surface area (Å²) in [5, 5.41) is 3.83. The van der Waals surface area contributed by atoms with E-state index in [0.29, 0.717) is 13.0 Å². The molecule has 1 heterocycles. The normalized spacial score (nSPS) is 10.7. The fourth-order valence-electron chi connectivity index (χ4n) is 1.83. The van der Waals surface area contributed by atoms with E-state index in [2.05, 4.69) is 10.3 Å². The molecule has 4 heteroatoms. The number of carbonyl (C=O) groups excluding carboxylic acids is 1. The van der Waals surface area contributed by atoms with Crippen LogP contribution in [0.15, 0.2) is 24.4 Å². The van der Waals surface area contributed by atoms with Crippen LogP contribution in [-0.2, 0) is 11.2 Å². The first-order chi connectivity index (χ1) is 8.20. The molecule has 0 saturated carbocycles. The number of rotatable bonds is 4. The Kier molecular flexibility index (Phi) is 3.42. The molecule has 2 rings (SSSR count). The maximum absolute atomic E-state index is 13.0. The van der Waals surface area contributed by atoms with Gasteiger partial charge >= 0.3 is 0 Å². The lowest BCUT2D eigenvalue weighted by Crippen LogP contribution is -2.24. The number of amides is 1. The lowest BCUT2D eigenvalue weighted by molar-refractivity contribution is -0.120. The van der Waals surface area contributed by atoms with E-state index in [-0.39, 0.29) is 11.7 Å². The van der Waals surface area contributed by atoms with E-state index in [1.165, 1.54) is 12.1 Å². The van der Waals surface area contributed by atoms with Gasteiger partial charge in [0.05, 0.1) is 0 Å². The zero-order valence-electron chi connectivity index (χ0n) is 9.72. The minimum absolute atomic E-state index is 0.0517. The molecule has 0 fully saturated rings. The molecule has 2 N–H and O–H groups in total. The van der Waals surface area contributed by atoms with Crippen LogP contribution in [0.2, 0.25) is 0 Å². The van der Waals surface area contributed by atoms with Crippen molar-refractivity contribution in [1.82, 2.24) is 10.3 Å². The van der Waals surface area contributed by atoms with Gasteiger partial charge in [-0.1, -0.05) is 6.92 Å². The summed E-state index contributed by atoms with van der Waals surface area (Å²) in [5.74, 6) is -0.193. The van der Waals surface area contributed by atoms with Gasteiger partial charge in [0.25, 0.3) is 0 Å². The highest BCUT2D eigenvalue weighted by Crippen LogP contribution is 2.19. The van der Waals surface area contributed by atoms with Crippen LogP contribution in [-0.4, -0.2) is 17.4 Å². The Bertz CT molecular complexity index is 533. The Morgan fingerprint density at radius 2 is 2.29 bits per heavy atom. The first-order valence-electron chi connectivity index (χ1n) is 5.73. The van der Waals surface area contributed by atoms with E-state index in [4.69, 9.17) is 0 Å². The van der Waals surface area contributed by atoms with Gasteiger partial charge in [-0.15, -0.1) is 0 Å². The summed E-state index contributed by atoms with van der Waals surface area (Å²) in [7, 11) is 0. The Labute approximate surface area is 99.0 Å². The SMILES string of the molecule is CCC(=O)NCCc1c[nH]c2cc(F)ccc12. The van der Waals surface area contributed by atoms with Crippen LogP contribution in [0.4, 0.5) is 4.39 Å². The van der Waals surface area contributed by atoms with Gasteiger partial charge in [-0.3, -0.25) is 4.79 Å². The first kappa shape index (κ1) is 11.6. The third-order valence-electron chi connectivity index (χ3n) is 2.77.